The van der Waals surface area contributed by atoms with Crippen LogP contribution in [0.5, 0.6) is 0 Å². The topological polar surface area (TPSA) is 72.7 Å². The summed E-state index contributed by atoms with van der Waals surface area (Å²) in [6.45, 7) is 0. The van der Waals surface area contributed by atoms with Gasteiger partial charge in [0.2, 0.25) is 0 Å². The molecule has 27 heavy (non-hydrogen) atoms. The number of hydrogen-bond donors (Lipinski definition) is 1. The highest BCUT2D eigenvalue weighted by Crippen LogP contribution is 2.31. The van der Waals surface area contributed by atoms with E-state index in [0.29, 0.717) is 6.04 Å². The highest BCUT2D eigenvalue weighted by molar-refractivity contribution is 5.47. The lowest BCUT2D eigenvalue weighted by Crippen LogP contribution is -2.34. The van der Waals surface area contributed by atoms with Gasteiger partial charge in [-0.2, -0.15) is 5.10 Å². The van der Waals surface area contributed by atoms with Crippen LogP contribution in [-0.2, 0) is 25.7 Å². The lowest BCUT2D eigenvalue weighted by molar-refractivity contribution is 0.301. The SMILES string of the molecule is O=c1cc2c(nn1C1CCC(Nc3ncnc4c3CCCC4)CC1)CCC2. The molecule has 1 N–H and O–H groups in total. The number of aryl methyl sites for hydroxylation is 3. The number of hydrogen-bond acceptors (Lipinski definition) is 5. The Morgan fingerprint density at radius 1 is 0.926 bits per heavy atom. The number of nitrogens with zero attached hydrogens (tertiary/aromatic N) is 4. The summed E-state index contributed by atoms with van der Waals surface area (Å²) in [6.07, 6.45) is 13.6. The van der Waals surface area contributed by atoms with Crippen LogP contribution in [0.1, 0.15) is 73.5 Å². The summed E-state index contributed by atoms with van der Waals surface area (Å²) in [5.74, 6) is 1.04. The van der Waals surface area contributed by atoms with E-state index in [4.69, 9.17) is 5.10 Å². The van der Waals surface area contributed by atoms with Crippen LogP contribution in [0.3, 0.4) is 0 Å². The maximum absolute atomic E-state index is 12.5. The molecule has 0 spiro atoms. The summed E-state index contributed by atoms with van der Waals surface area (Å²) < 4.78 is 1.77. The van der Waals surface area contributed by atoms with Gasteiger partial charge in [0, 0.05) is 23.4 Å². The third-order valence-corrected chi connectivity index (χ3v) is 6.49. The first-order valence-electron chi connectivity index (χ1n) is 10.5. The molecule has 2 aromatic heterocycles. The van der Waals surface area contributed by atoms with Crippen molar-refractivity contribution in [1.29, 1.82) is 0 Å². The molecule has 142 valence electrons. The van der Waals surface area contributed by atoms with Crippen molar-refractivity contribution in [2.24, 2.45) is 0 Å². The summed E-state index contributed by atoms with van der Waals surface area (Å²) in [6, 6.07) is 2.49. The molecule has 6 nitrogen and oxygen atoms in total. The van der Waals surface area contributed by atoms with E-state index in [1.807, 2.05) is 6.07 Å². The Balaban J connectivity index is 1.27. The monoisotopic (exact) mass is 365 g/mol. The average Bonchev–Trinajstić information content (AvgIpc) is 3.15. The summed E-state index contributed by atoms with van der Waals surface area (Å²) in [5.41, 5.74) is 4.93. The van der Waals surface area contributed by atoms with Crippen molar-refractivity contribution < 1.29 is 0 Å². The molecule has 2 heterocycles. The fourth-order valence-corrected chi connectivity index (χ4v) is 4.98. The maximum Gasteiger partial charge on any atom is 0.267 e. The molecule has 3 aliphatic carbocycles. The van der Waals surface area contributed by atoms with Crippen molar-refractivity contribution in [3.8, 4) is 0 Å². The minimum absolute atomic E-state index is 0.0805. The molecule has 0 radical (unpaired) electrons. The molecule has 5 rings (SSSR count). The maximum atomic E-state index is 12.5. The van der Waals surface area contributed by atoms with Crippen LogP contribution in [-0.4, -0.2) is 25.8 Å². The quantitative estimate of drug-likeness (QED) is 0.905. The molecule has 0 unspecified atom stereocenters. The third kappa shape index (κ3) is 3.26. The standard InChI is InChI=1S/C21H27N5O/c27-20-12-14-4-3-7-18(14)25-26(20)16-10-8-15(9-11-16)24-21-17-5-1-2-6-19(17)22-13-23-21/h12-13,15-16H,1-11H2,(H,22,23,24). The minimum atomic E-state index is 0.0805. The van der Waals surface area contributed by atoms with Gasteiger partial charge < -0.3 is 5.32 Å². The lowest BCUT2D eigenvalue weighted by Gasteiger charge is -2.31. The predicted octanol–water partition coefficient (Wildman–Crippen LogP) is 3.00. The van der Waals surface area contributed by atoms with Gasteiger partial charge in [-0.15, -0.1) is 0 Å². The fourth-order valence-electron chi connectivity index (χ4n) is 4.98. The highest BCUT2D eigenvalue weighted by Gasteiger charge is 2.26. The molecule has 2 aromatic rings. The van der Waals surface area contributed by atoms with E-state index in [0.717, 1.165) is 69.3 Å². The van der Waals surface area contributed by atoms with E-state index < -0.39 is 0 Å². The summed E-state index contributed by atoms with van der Waals surface area (Å²) >= 11 is 0. The van der Waals surface area contributed by atoms with Crippen molar-refractivity contribution in [2.45, 2.75) is 82.7 Å². The zero-order valence-corrected chi connectivity index (χ0v) is 15.8. The second-order valence-electron chi connectivity index (χ2n) is 8.26. The lowest BCUT2D eigenvalue weighted by atomic mass is 9.90. The Labute approximate surface area is 159 Å². The van der Waals surface area contributed by atoms with Gasteiger partial charge >= 0.3 is 0 Å². The van der Waals surface area contributed by atoms with Crippen molar-refractivity contribution in [1.82, 2.24) is 19.7 Å². The number of fused-ring (bicyclic) bond motifs is 2. The van der Waals surface area contributed by atoms with Gasteiger partial charge in [-0.3, -0.25) is 4.79 Å². The van der Waals surface area contributed by atoms with Gasteiger partial charge in [0.05, 0.1) is 11.7 Å². The summed E-state index contributed by atoms with van der Waals surface area (Å²) in [7, 11) is 0. The predicted molar refractivity (Wildman–Crippen MR) is 104 cm³/mol. The molecule has 0 atom stereocenters. The smallest absolute Gasteiger partial charge is 0.267 e. The van der Waals surface area contributed by atoms with Gasteiger partial charge in [-0.1, -0.05) is 0 Å². The van der Waals surface area contributed by atoms with E-state index in [9.17, 15) is 4.79 Å². The first-order valence-corrected chi connectivity index (χ1v) is 10.5. The van der Waals surface area contributed by atoms with E-state index in [2.05, 4.69) is 15.3 Å². The molecule has 1 fully saturated rings. The van der Waals surface area contributed by atoms with Crippen LogP contribution >= 0.6 is 0 Å². The van der Waals surface area contributed by atoms with E-state index >= 15 is 0 Å². The minimum Gasteiger partial charge on any atom is -0.367 e. The second kappa shape index (κ2) is 7.06. The van der Waals surface area contributed by atoms with Crippen molar-refractivity contribution in [2.75, 3.05) is 5.32 Å². The number of nitrogens with one attached hydrogen (secondary N) is 1. The van der Waals surface area contributed by atoms with Gasteiger partial charge in [0.25, 0.3) is 5.56 Å². The second-order valence-corrected chi connectivity index (χ2v) is 8.26. The molecule has 1 saturated carbocycles. The Morgan fingerprint density at radius 2 is 1.74 bits per heavy atom. The van der Waals surface area contributed by atoms with Crippen LogP contribution in [0.2, 0.25) is 0 Å². The van der Waals surface area contributed by atoms with E-state index in [1.165, 1.54) is 29.7 Å². The van der Waals surface area contributed by atoms with Crippen LogP contribution in [0.4, 0.5) is 5.82 Å². The zero-order valence-electron chi connectivity index (χ0n) is 15.8. The largest absolute Gasteiger partial charge is 0.367 e. The van der Waals surface area contributed by atoms with Crippen LogP contribution in [0, 0.1) is 0 Å². The van der Waals surface area contributed by atoms with Crippen LogP contribution < -0.4 is 10.9 Å². The van der Waals surface area contributed by atoms with Crippen molar-refractivity contribution in [3.05, 3.63) is 45.3 Å². The zero-order chi connectivity index (χ0) is 18.2. The van der Waals surface area contributed by atoms with Gasteiger partial charge in [0.1, 0.15) is 12.1 Å². The summed E-state index contributed by atoms with van der Waals surface area (Å²) in [5, 5.41) is 8.38. The van der Waals surface area contributed by atoms with Gasteiger partial charge in [-0.05, 0) is 76.2 Å². The molecule has 3 aliphatic rings. The van der Waals surface area contributed by atoms with E-state index in [1.54, 1.807) is 11.0 Å². The molecule has 6 heteroatoms. The fraction of sp³-hybridized carbons (Fsp3) is 0.619. The number of rotatable bonds is 3. The third-order valence-electron chi connectivity index (χ3n) is 6.49. The van der Waals surface area contributed by atoms with Crippen LogP contribution in [0.15, 0.2) is 17.2 Å². The molecular formula is C21H27N5O. The highest BCUT2D eigenvalue weighted by atomic mass is 16.1. The number of anilines is 1. The average molecular weight is 365 g/mol. The normalized spacial score (nSPS) is 24.3. The Kier molecular flexibility index (Phi) is 4.42. The molecule has 0 bridgehead atoms. The van der Waals surface area contributed by atoms with E-state index in [-0.39, 0.29) is 11.6 Å². The Bertz CT molecular complexity index is 898. The molecular weight excluding hydrogens is 338 g/mol. The van der Waals surface area contributed by atoms with Gasteiger partial charge in [-0.25, -0.2) is 14.6 Å². The Morgan fingerprint density at radius 3 is 2.63 bits per heavy atom. The first-order chi connectivity index (χ1) is 13.3. The Hall–Kier alpha value is -2.24. The molecule has 0 aliphatic heterocycles. The number of aromatic nitrogens is 4. The molecule has 0 amide bonds. The molecule has 0 aromatic carbocycles. The van der Waals surface area contributed by atoms with Crippen molar-refractivity contribution in [3.63, 3.8) is 0 Å². The van der Waals surface area contributed by atoms with Crippen molar-refractivity contribution >= 4 is 5.82 Å². The first kappa shape index (κ1) is 16.9. The molecule has 0 saturated heterocycles. The summed E-state index contributed by atoms with van der Waals surface area (Å²) in [4.78, 5) is 21.5. The van der Waals surface area contributed by atoms with Crippen LogP contribution in [0.25, 0.3) is 0 Å². The van der Waals surface area contributed by atoms with Gasteiger partial charge in [0.15, 0.2) is 0 Å².